The number of hydrogen-bond donors (Lipinski definition) is 2. The summed E-state index contributed by atoms with van der Waals surface area (Å²) in [5.41, 5.74) is -0.0476. The van der Waals surface area contributed by atoms with Gasteiger partial charge in [-0.3, -0.25) is 14.6 Å². The lowest BCUT2D eigenvalue weighted by Crippen LogP contribution is -2.55. The molecule has 1 amide bonds. The lowest BCUT2D eigenvalue weighted by Gasteiger charge is -2.57. The first-order valence-corrected chi connectivity index (χ1v) is 10.1. The number of halogens is 3. The number of aromatic amines is 1. The van der Waals surface area contributed by atoms with Crippen LogP contribution < -0.4 is 10.9 Å². The smallest absolute Gasteiger partial charge is 0.348 e. The van der Waals surface area contributed by atoms with E-state index in [1.807, 2.05) is 18.2 Å². The third kappa shape index (κ3) is 3.47. The molecule has 2 fully saturated rings. The van der Waals surface area contributed by atoms with Crippen LogP contribution in [0.5, 0.6) is 0 Å². The number of pyridine rings is 1. The SMILES string of the molecule is O=C(N[C@H]1CC2(C1)C[C@H](c1n[nH]c(=O)c3ccccc31)C2)c1ccc(C(F)(F)F)cn1. The van der Waals surface area contributed by atoms with Gasteiger partial charge in [0.1, 0.15) is 5.69 Å². The first kappa shape index (κ1) is 19.7. The van der Waals surface area contributed by atoms with Crippen molar-refractivity contribution >= 4 is 16.7 Å². The van der Waals surface area contributed by atoms with Crippen LogP contribution >= 0.6 is 0 Å². The Hall–Kier alpha value is -3.23. The van der Waals surface area contributed by atoms with Gasteiger partial charge in [-0.05, 0) is 49.3 Å². The van der Waals surface area contributed by atoms with Crippen LogP contribution in [0.1, 0.15) is 53.3 Å². The number of amides is 1. The van der Waals surface area contributed by atoms with Gasteiger partial charge in [-0.2, -0.15) is 18.3 Å². The topological polar surface area (TPSA) is 87.7 Å². The molecule has 2 N–H and O–H groups in total. The molecule has 9 heteroatoms. The summed E-state index contributed by atoms with van der Waals surface area (Å²) in [5, 5.41) is 11.2. The summed E-state index contributed by atoms with van der Waals surface area (Å²) < 4.78 is 37.9. The molecule has 1 aromatic carbocycles. The third-order valence-electron chi connectivity index (χ3n) is 6.49. The van der Waals surface area contributed by atoms with E-state index in [-0.39, 0.29) is 28.6 Å². The van der Waals surface area contributed by atoms with Gasteiger partial charge in [0.2, 0.25) is 0 Å². The van der Waals surface area contributed by atoms with Crippen LogP contribution in [0, 0.1) is 5.41 Å². The van der Waals surface area contributed by atoms with Crippen molar-refractivity contribution in [3.63, 3.8) is 0 Å². The number of rotatable bonds is 3. The van der Waals surface area contributed by atoms with Crippen LogP contribution in [0.15, 0.2) is 47.4 Å². The number of alkyl halides is 3. The van der Waals surface area contributed by atoms with E-state index in [1.165, 1.54) is 0 Å². The van der Waals surface area contributed by atoms with Crippen LogP contribution in [0.25, 0.3) is 10.8 Å². The minimum atomic E-state index is -4.48. The Labute approximate surface area is 174 Å². The Morgan fingerprint density at radius 3 is 2.42 bits per heavy atom. The third-order valence-corrected chi connectivity index (χ3v) is 6.49. The second-order valence-electron chi connectivity index (χ2n) is 8.60. The van der Waals surface area contributed by atoms with E-state index in [0.29, 0.717) is 11.6 Å². The fourth-order valence-electron chi connectivity index (χ4n) is 5.00. The highest BCUT2D eigenvalue weighted by Gasteiger charge is 2.54. The average Bonchev–Trinajstić information content (AvgIpc) is 2.69. The van der Waals surface area contributed by atoms with Crippen molar-refractivity contribution in [2.24, 2.45) is 5.41 Å². The van der Waals surface area contributed by atoms with E-state index in [0.717, 1.165) is 48.9 Å². The number of H-pyrrole nitrogens is 1. The number of carbonyl (C=O) groups is 1. The molecule has 2 aliphatic rings. The molecule has 1 spiro atoms. The predicted octanol–water partition coefficient (Wildman–Crippen LogP) is 3.79. The maximum Gasteiger partial charge on any atom is 0.417 e. The predicted molar refractivity (Wildman–Crippen MR) is 106 cm³/mol. The van der Waals surface area contributed by atoms with Gasteiger partial charge in [0.05, 0.1) is 16.6 Å². The molecule has 2 saturated carbocycles. The molecule has 0 atom stereocenters. The molecule has 6 nitrogen and oxygen atoms in total. The van der Waals surface area contributed by atoms with Gasteiger partial charge in [-0.25, -0.2) is 5.10 Å². The molecule has 0 saturated heterocycles. The second kappa shape index (κ2) is 6.90. The van der Waals surface area contributed by atoms with Crippen molar-refractivity contribution in [1.29, 1.82) is 0 Å². The molecular weight excluding hydrogens is 409 g/mol. The van der Waals surface area contributed by atoms with E-state index in [4.69, 9.17) is 0 Å². The minimum absolute atomic E-state index is 0.0159. The molecule has 0 aliphatic heterocycles. The largest absolute Gasteiger partial charge is 0.417 e. The van der Waals surface area contributed by atoms with Gasteiger partial charge in [0, 0.05) is 23.5 Å². The first-order chi connectivity index (χ1) is 14.7. The zero-order valence-corrected chi connectivity index (χ0v) is 16.4. The Balaban J connectivity index is 1.19. The quantitative estimate of drug-likeness (QED) is 0.665. The highest BCUT2D eigenvalue weighted by molar-refractivity contribution is 5.92. The summed E-state index contributed by atoms with van der Waals surface area (Å²) in [6.07, 6.45) is -0.305. The van der Waals surface area contributed by atoms with Crippen LogP contribution in [0.2, 0.25) is 0 Å². The lowest BCUT2D eigenvalue weighted by molar-refractivity contribution is -0.137. The molecule has 31 heavy (non-hydrogen) atoms. The Bertz CT molecular complexity index is 1210. The number of hydrogen-bond acceptors (Lipinski definition) is 4. The molecule has 0 bridgehead atoms. The van der Waals surface area contributed by atoms with Crippen molar-refractivity contribution in [3.8, 4) is 0 Å². The molecule has 3 aromatic rings. The molecular formula is C22H19F3N4O2. The summed E-state index contributed by atoms with van der Waals surface area (Å²) >= 11 is 0. The van der Waals surface area contributed by atoms with Crippen molar-refractivity contribution < 1.29 is 18.0 Å². The van der Waals surface area contributed by atoms with E-state index in [9.17, 15) is 22.8 Å². The van der Waals surface area contributed by atoms with Gasteiger partial charge in [0.25, 0.3) is 11.5 Å². The monoisotopic (exact) mass is 428 g/mol. The zero-order valence-electron chi connectivity index (χ0n) is 16.4. The van der Waals surface area contributed by atoms with Gasteiger partial charge >= 0.3 is 6.18 Å². The number of benzene rings is 1. The molecule has 5 rings (SSSR count). The normalized spacial score (nSPS) is 25.1. The van der Waals surface area contributed by atoms with Crippen molar-refractivity contribution in [2.45, 2.75) is 43.8 Å². The summed E-state index contributed by atoms with van der Waals surface area (Å²) in [7, 11) is 0. The van der Waals surface area contributed by atoms with Gasteiger partial charge < -0.3 is 5.32 Å². The molecule has 2 aromatic heterocycles. The molecule has 0 unspecified atom stereocenters. The Morgan fingerprint density at radius 1 is 1.06 bits per heavy atom. The summed E-state index contributed by atoms with van der Waals surface area (Å²) in [6, 6.07) is 9.37. The van der Waals surface area contributed by atoms with E-state index >= 15 is 0 Å². The second-order valence-corrected chi connectivity index (χ2v) is 8.60. The maximum atomic E-state index is 12.6. The fourth-order valence-corrected chi connectivity index (χ4v) is 5.00. The Kier molecular flexibility index (Phi) is 4.39. The number of carbonyl (C=O) groups excluding carboxylic acids is 1. The number of nitrogens with one attached hydrogen (secondary N) is 2. The summed E-state index contributed by atoms with van der Waals surface area (Å²) in [6.45, 7) is 0. The Morgan fingerprint density at radius 2 is 1.77 bits per heavy atom. The van der Waals surface area contributed by atoms with E-state index < -0.39 is 17.6 Å². The van der Waals surface area contributed by atoms with Crippen molar-refractivity contribution in [2.75, 3.05) is 0 Å². The average molecular weight is 428 g/mol. The number of aromatic nitrogens is 3. The van der Waals surface area contributed by atoms with E-state index in [2.05, 4.69) is 20.5 Å². The lowest BCUT2D eigenvalue weighted by atomic mass is 9.49. The number of fused-ring (bicyclic) bond motifs is 1. The molecule has 2 aliphatic carbocycles. The highest BCUT2D eigenvalue weighted by atomic mass is 19.4. The highest BCUT2D eigenvalue weighted by Crippen LogP contribution is 2.62. The van der Waals surface area contributed by atoms with Gasteiger partial charge in [-0.15, -0.1) is 0 Å². The summed E-state index contributed by atoms with van der Waals surface area (Å²) in [5.74, 6) is -0.201. The van der Waals surface area contributed by atoms with Crippen LogP contribution in [-0.4, -0.2) is 27.1 Å². The van der Waals surface area contributed by atoms with Gasteiger partial charge in [-0.1, -0.05) is 18.2 Å². The van der Waals surface area contributed by atoms with Crippen LogP contribution in [0.4, 0.5) is 13.2 Å². The molecule has 160 valence electrons. The standard InChI is InChI=1S/C22H19F3N4O2/c23-22(24,25)13-5-6-17(26-11-13)20(31)27-14-9-21(10-14)7-12(8-21)18-15-3-1-2-4-16(15)19(30)29-28-18/h1-6,11-12,14H,7-10H2,(H,27,31)(H,29,30)/t12-,14-,21?. The van der Waals surface area contributed by atoms with Crippen molar-refractivity contribution in [1.82, 2.24) is 20.5 Å². The van der Waals surface area contributed by atoms with Crippen LogP contribution in [-0.2, 0) is 6.18 Å². The minimum Gasteiger partial charge on any atom is -0.348 e. The zero-order chi connectivity index (χ0) is 21.8. The van der Waals surface area contributed by atoms with Gasteiger partial charge in [0.15, 0.2) is 0 Å². The summed E-state index contributed by atoms with van der Waals surface area (Å²) in [4.78, 5) is 27.9. The van der Waals surface area contributed by atoms with Crippen LogP contribution in [0.3, 0.4) is 0 Å². The molecule has 0 radical (unpaired) electrons. The maximum absolute atomic E-state index is 12.6. The first-order valence-electron chi connectivity index (χ1n) is 10.1. The van der Waals surface area contributed by atoms with Crippen molar-refractivity contribution in [3.05, 3.63) is 69.9 Å². The molecule has 2 heterocycles. The fraction of sp³-hybridized carbons (Fsp3) is 0.364. The van der Waals surface area contributed by atoms with E-state index in [1.54, 1.807) is 6.07 Å². The number of nitrogens with zero attached hydrogens (tertiary/aromatic N) is 2.